The van der Waals surface area contributed by atoms with Gasteiger partial charge in [0.25, 0.3) is 0 Å². The molecule has 4 nitrogen and oxygen atoms in total. The van der Waals surface area contributed by atoms with Crippen molar-refractivity contribution < 1.29 is 19.1 Å². The Bertz CT molecular complexity index is 555. The normalized spacial score (nSPS) is 32.8. The first-order valence-electron chi connectivity index (χ1n) is 7.21. The molecule has 0 amide bonds. The molecule has 4 aliphatic rings. The first kappa shape index (κ1) is 13.3. The van der Waals surface area contributed by atoms with Crippen LogP contribution < -0.4 is 0 Å². The lowest BCUT2D eigenvalue weighted by atomic mass is 9.58. The van der Waals surface area contributed by atoms with Crippen LogP contribution >= 0.6 is 0 Å². The summed E-state index contributed by atoms with van der Waals surface area (Å²) in [6.45, 7) is 0. The van der Waals surface area contributed by atoms with Gasteiger partial charge in [-0.15, -0.1) is 0 Å². The number of carbonyl (C=O) groups is 3. The molecule has 106 valence electrons. The van der Waals surface area contributed by atoms with Gasteiger partial charge in [0.2, 0.25) is 11.6 Å². The minimum Gasteiger partial charge on any atom is -0.468 e. The number of ether oxygens (including phenoxy) is 1. The summed E-state index contributed by atoms with van der Waals surface area (Å²) in [5, 5.41) is 0. The van der Waals surface area contributed by atoms with Crippen LogP contribution in [0.4, 0.5) is 0 Å². The molecule has 0 aliphatic heterocycles. The molecule has 0 saturated heterocycles. The third-order valence-electron chi connectivity index (χ3n) is 4.77. The van der Waals surface area contributed by atoms with E-state index in [-0.39, 0.29) is 0 Å². The number of hydrogen-bond donors (Lipinski definition) is 0. The summed E-state index contributed by atoms with van der Waals surface area (Å²) < 4.78 is 4.85. The van der Waals surface area contributed by atoms with E-state index in [9.17, 15) is 14.4 Å². The maximum absolute atomic E-state index is 12.4. The maximum atomic E-state index is 12.4. The van der Waals surface area contributed by atoms with Crippen molar-refractivity contribution in [3.8, 4) is 0 Å². The molecule has 20 heavy (non-hydrogen) atoms. The van der Waals surface area contributed by atoms with Crippen LogP contribution in [0, 0.1) is 11.3 Å². The Morgan fingerprint density at radius 2 is 1.90 bits per heavy atom. The molecular formula is C16H18O4. The van der Waals surface area contributed by atoms with E-state index in [0.29, 0.717) is 6.42 Å². The second-order valence-corrected chi connectivity index (χ2v) is 5.75. The zero-order valence-electron chi connectivity index (χ0n) is 11.6. The fourth-order valence-electron chi connectivity index (χ4n) is 3.77. The van der Waals surface area contributed by atoms with Crippen LogP contribution in [0.5, 0.6) is 0 Å². The molecule has 0 N–H and O–H groups in total. The zero-order valence-corrected chi connectivity index (χ0v) is 11.6. The van der Waals surface area contributed by atoms with Gasteiger partial charge in [-0.1, -0.05) is 30.6 Å². The minimum atomic E-state index is -1.45. The lowest BCUT2D eigenvalue weighted by molar-refractivity contribution is -0.157. The molecule has 2 atom stereocenters. The summed E-state index contributed by atoms with van der Waals surface area (Å²) in [5.74, 6) is -2.09. The van der Waals surface area contributed by atoms with Gasteiger partial charge in [0, 0.05) is 0 Å². The summed E-state index contributed by atoms with van der Waals surface area (Å²) in [6, 6.07) is 0. The van der Waals surface area contributed by atoms with E-state index < -0.39 is 28.9 Å². The van der Waals surface area contributed by atoms with Crippen molar-refractivity contribution in [2.45, 2.75) is 38.5 Å². The highest BCUT2D eigenvalue weighted by atomic mass is 16.5. The molecule has 0 radical (unpaired) electrons. The van der Waals surface area contributed by atoms with Crippen LogP contribution in [0.15, 0.2) is 23.3 Å². The van der Waals surface area contributed by atoms with Crippen molar-refractivity contribution in [2.75, 3.05) is 7.11 Å². The van der Waals surface area contributed by atoms with Crippen molar-refractivity contribution in [3.05, 3.63) is 23.3 Å². The van der Waals surface area contributed by atoms with E-state index in [0.717, 1.165) is 43.3 Å². The number of Topliss-reactive ketones (excluding diaryl/α,β-unsaturated/α-hetero) is 2. The predicted molar refractivity (Wildman–Crippen MR) is 71.8 cm³/mol. The molecule has 0 aromatic carbocycles. The highest BCUT2D eigenvalue weighted by molar-refractivity contribution is 6.47. The van der Waals surface area contributed by atoms with Crippen molar-refractivity contribution in [1.82, 2.24) is 0 Å². The molecule has 0 fully saturated rings. The van der Waals surface area contributed by atoms with Gasteiger partial charge >= 0.3 is 5.97 Å². The van der Waals surface area contributed by atoms with E-state index in [1.54, 1.807) is 12.2 Å². The summed E-state index contributed by atoms with van der Waals surface area (Å²) in [7, 11) is 1.27. The SMILES string of the molecule is COC(=O)C12C=CC(C(=O)C1=O)C1=C2CCCCCC1. The number of ketones is 2. The smallest absolute Gasteiger partial charge is 0.328 e. The number of hydrogen-bond acceptors (Lipinski definition) is 4. The Hall–Kier alpha value is -1.71. The second-order valence-electron chi connectivity index (χ2n) is 5.75. The highest BCUT2D eigenvalue weighted by Crippen LogP contribution is 2.50. The quantitative estimate of drug-likeness (QED) is 0.318. The summed E-state index contributed by atoms with van der Waals surface area (Å²) in [4.78, 5) is 36.9. The predicted octanol–water partition coefficient (Wildman–Crippen LogP) is 2.13. The van der Waals surface area contributed by atoms with E-state index in [4.69, 9.17) is 4.74 Å². The Morgan fingerprint density at radius 3 is 2.60 bits per heavy atom. The Balaban J connectivity index is 2.19. The molecule has 4 rings (SSSR count). The van der Waals surface area contributed by atoms with Gasteiger partial charge in [-0.3, -0.25) is 14.4 Å². The van der Waals surface area contributed by atoms with Gasteiger partial charge in [-0.2, -0.15) is 0 Å². The van der Waals surface area contributed by atoms with Gasteiger partial charge < -0.3 is 4.74 Å². The van der Waals surface area contributed by atoms with E-state index in [1.165, 1.54) is 7.11 Å². The van der Waals surface area contributed by atoms with Crippen LogP contribution in [0.25, 0.3) is 0 Å². The van der Waals surface area contributed by atoms with Crippen molar-refractivity contribution in [3.63, 3.8) is 0 Å². The zero-order chi connectivity index (χ0) is 14.3. The first-order chi connectivity index (χ1) is 9.63. The third-order valence-corrected chi connectivity index (χ3v) is 4.77. The molecule has 0 aromatic rings. The highest BCUT2D eigenvalue weighted by Gasteiger charge is 2.58. The van der Waals surface area contributed by atoms with Crippen molar-refractivity contribution >= 4 is 17.5 Å². The molecule has 4 aliphatic carbocycles. The van der Waals surface area contributed by atoms with Crippen LogP contribution in [0.3, 0.4) is 0 Å². The molecule has 0 heterocycles. The van der Waals surface area contributed by atoms with Crippen LogP contribution in [0.1, 0.15) is 38.5 Å². The monoisotopic (exact) mass is 274 g/mol. The number of fused-ring (bicyclic) bond motifs is 1. The molecule has 0 spiro atoms. The number of methoxy groups -OCH3 is 1. The van der Waals surface area contributed by atoms with Gasteiger partial charge in [-0.25, -0.2) is 0 Å². The largest absolute Gasteiger partial charge is 0.468 e. The van der Waals surface area contributed by atoms with Gasteiger partial charge in [0.15, 0.2) is 5.41 Å². The molecule has 4 heteroatoms. The fourth-order valence-corrected chi connectivity index (χ4v) is 3.77. The lowest BCUT2D eigenvalue weighted by Gasteiger charge is -2.42. The summed E-state index contributed by atoms with van der Waals surface area (Å²) in [6.07, 6.45) is 9.06. The number of carbonyl (C=O) groups excluding carboxylic acids is 3. The molecule has 2 bridgehead atoms. The summed E-state index contributed by atoms with van der Waals surface area (Å²) >= 11 is 0. The van der Waals surface area contributed by atoms with Crippen molar-refractivity contribution in [1.29, 1.82) is 0 Å². The van der Waals surface area contributed by atoms with Crippen LogP contribution in [-0.2, 0) is 19.1 Å². The molecular weight excluding hydrogens is 256 g/mol. The lowest BCUT2D eigenvalue weighted by Crippen LogP contribution is -2.53. The molecule has 0 saturated carbocycles. The van der Waals surface area contributed by atoms with E-state index >= 15 is 0 Å². The van der Waals surface area contributed by atoms with Gasteiger partial charge in [0.05, 0.1) is 13.0 Å². The standard InChI is InChI=1S/C16H18O4/c1-20-15(19)16-9-8-11(13(17)14(16)18)10-6-4-2-3-5-7-12(10)16/h8-9,11H,2-7H2,1H3. The summed E-state index contributed by atoms with van der Waals surface area (Å²) in [5.41, 5.74) is 0.399. The fraction of sp³-hybridized carbons (Fsp3) is 0.562. The van der Waals surface area contributed by atoms with Gasteiger partial charge in [0.1, 0.15) is 0 Å². The topological polar surface area (TPSA) is 60.4 Å². The Labute approximate surface area is 117 Å². The Morgan fingerprint density at radius 1 is 1.20 bits per heavy atom. The average Bonchev–Trinajstić information content (AvgIpc) is 2.43. The first-order valence-corrected chi connectivity index (χ1v) is 7.21. The second kappa shape index (κ2) is 4.69. The molecule has 2 unspecified atom stereocenters. The Kier molecular flexibility index (Phi) is 3.11. The number of esters is 1. The van der Waals surface area contributed by atoms with Gasteiger partial charge in [-0.05, 0) is 31.3 Å². The average molecular weight is 274 g/mol. The maximum Gasteiger partial charge on any atom is 0.328 e. The number of allylic oxidation sites excluding steroid dienone is 2. The number of rotatable bonds is 1. The van der Waals surface area contributed by atoms with Crippen LogP contribution in [0.2, 0.25) is 0 Å². The van der Waals surface area contributed by atoms with Crippen LogP contribution in [-0.4, -0.2) is 24.6 Å². The van der Waals surface area contributed by atoms with E-state index in [2.05, 4.69) is 0 Å². The van der Waals surface area contributed by atoms with Crippen molar-refractivity contribution in [2.24, 2.45) is 11.3 Å². The third kappa shape index (κ3) is 1.57. The van der Waals surface area contributed by atoms with E-state index in [1.807, 2.05) is 0 Å². The molecule has 0 aromatic heterocycles. The minimum absolute atomic E-state index is 0.429.